The van der Waals surface area contributed by atoms with Gasteiger partial charge in [0.05, 0.1) is 0 Å². The summed E-state index contributed by atoms with van der Waals surface area (Å²) in [5, 5.41) is 0. The van der Waals surface area contributed by atoms with Crippen LogP contribution in [0.2, 0.25) is 0 Å². The third kappa shape index (κ3) is 4.03. The Labute approximate surface area is 213 Å². The fourth-order valence-corrected chi connectivity index (χ4v) is 6.26. The molecule has 0 fully saturated rings. The number of aryl methyl sites for hydroxylation is 3. The van der Waals surface area contributed by atoms with Gasteiger partial charge in [-0.2, -0.15) is 0 Å². The molecule has 1 atom stereocenters. The molecule has 0 aromatic heterocycles. The standard InChI is InChI=1S/C34H43N/c1-11-13-14-28-32-24(6)34(7,8)29-20-27(18-17-25(29)12-2)30(32)23(5)31(33(28)35(9)10)26-16-15-21(3)22(4)19-26/h11,15-20,24H,1,12-14H2,2-10H3. The Kier molecular flexibility index (Phi) is 6.75. The van der Waals surface area contributed by atoms with Crippen molar-refractivity contribution in [2.24, 2.45) is 0 Å². The second kappa shape index (κ2) is 9.34. The van der Waals surface area contributed by atoms with Gasteiger partial charge >= 0.3 is 0 Å². The topological polar surface area (TPSA) is 3.24 Å². The molecular formula is C34H43N. The van der Waals surface area contributed by atoms with E-state index in [1.807, 2.05) is 0 Å². The molecule has 0 radical (unpaired) electrons. The van der Waals surface area contributed by atoms with Gasteiger partial charge in [0.1, 0.15) is 0 Å². The molecular weight excluding hydrogens is 422 g/mol. The third-order valence-electron chi connectivity index (χ3n) is 8.70. The van der Waals surface area contributed by atoms with Gasteiger partial charge in [0.15, 0.2) is 0 Å². The molecule has 0 saturated heterocycles. The highest BCUT2D eigenvalue weighted by atomic mass is 15.1. The van der Waals surface area contributed by atoms with Crippen molar-refractivity contribution in [3.63, 3.8) is 0 Å². The molecule has 184 valence electrons. The van der Waals surface area contributed by atoms with Gasteiger partial charge in [-0.3, -0.25) is 0 Å². The lowest BCUT2D eigenvalue weighted by Gasteiger charge is -2.37. The van der Waals surface area contributed by atoms with Crippen LogP contribution in [0.4, 0.5) is 5.69 Å². The molecule has 35 heavy (non-hydrogen) atoms. The van der Waals surface area contributed by atoms with E-state index in [4.69, 9.17) is 0 Å². The van der Waals surface area contributed by atoms with Crippen LogP contribution < -0.4 is 4.90 Å². The zero-order valence-corrected chi connectivity index (χ0v) is 23.4. The first-order valence-corrected chi connectivity index (χ1v) is 13.2. The van der Waals surface area contributed by atoms with E-state index in [9.17, 15) is 0 Å². The Morgan fingerprint density at radius 1 is 0.943 bits per heavy atom. The number of benzene rings is 3. The first kappa shape index (κ1) is 25.3. The van der Waals surface area contributed by atoms with Crippen molar-refractivity contribution in [2.45, 2.75) is 79.1 Å². The lowest BCUT2D eigenvalue weighted by molar-refractivity contribution is 0.434. The summed E-state index contributed by atoms with van der Waals surface area (Å²) in [6.07, 6.45) is 5.13. The minimum atomic E-state index is 0.0491. The molecule has 3 aromatic rings. The van der Waals surface area contributed by atoms with Gasteiger partial charge in [-0.1, -0.05) is 70.2 Å². The van der Waals surface area contributed by atoms with Crippen molar-refractivity contribution in [3.05, 3.63) is 88.0 Å². The van der Waals surface area contributed by atoms with E-state index < -0.39 is 0 Å². The van der Waals surface area contributed by atoms with Gasteiger partial charge in [-0.05, 0) is 107 Å². The van der Waals surface area contributed by atoms with Gasteiger partial charge < -0.3 is 4.90 Å². The average Bonchev–Trinajstić information content (AvgIpc) is 2.88. The molecule has 0 N–H and O–H groups in total. The maximum atomic E-state index is 4.08. The maximum Gasteiger partial charge on any atom is 0.0479 e. The fraction of sp³-hybridized carbons (Fsp3) is 0.412. The van der Waals surface area contributed by atoms with Crippen molar-refractivity contribution in [1.82, 2.24) is 0 Å². The molecule has 1 nitrogen and oxygen atoms in total. The number of rotatable bonds is 6. The van der Waals surface area contributed by atoms with Crippen LogP contribution in [0.5, 0.6) is 0 Å². The monoisotopic (exact) mass is 465 g/mol. The summed E-state index contributed by atoms with van der Waals surface area (Å²) in [4.78, 5) is 2.36. The van der Waals surface area contributed by atoms with Crippen molar-refractivity contribution in [1.29, 1.82) is 0 Å². The summed E-state index contributed by atoms with van der Waals surface area (Å²) in [5.74, 6) is 0.397. The second-order valence-corrected chi connectivity index (χ2v) is 11.3. The normalized spacial score (nSPS) is 16.0. The maximum absolute atomic E-state index is 4.08. The third-order valence-corrected chi connectivity index (χ3v) is 8.70. The Hall–Kier alpha value is -2.80. The number of allylic oxidation sites excluding steroid dienone is 1. The summed E-state index contributed by atoms with van der Waals surface area (Å²) in [6.45, 7) is 20.5. The molecule has 1 heteroatoms. The summed E-state index contributed by atoms with van der Waals surface area (Å²) in [7, 11) is 4.43. The van der Waals surface area contributed by atoms with Gasteiger partial charge in [-0.15, -0.1) is 6.58 Å². The van der Waals surface area contributed by atoms with Gasteiger partial charge in [0, 0.05) is 25.3 Å². The second-order valence-electron chi connectivity index (χ2n) is 11.3. The Morgan fingerprint density at radius 2 is 1.60 bits per heavy atom. The first-order chi connectivity index (χ1) is 16.5. The van der Waals surface area contributed by atoms with E-state index in [1.165, 1.54) is 66.9 Å². The first-order valence-electron chi connectivity index (χ1n) is 13.2. The zero-order chi connectivity index (χ0) is 25.7. The highest BCUT2D eigenvalue weighted by molar-refractivity contribution is 5.93. The minimum absolute atomic E-state index is 0.0491. The van der Waals surface area contributed by atoms with E-state index in [2.05, 4.69) is 117 Å². The van der Waals surface area contributed by atoms with Crippen molar-refractivity contribution in [3.8, 4) is 22.3 Å². The minimum Gasteiger partial charge on any atom is -0.377 e. The van der Waals surface area contributed by atoms with E-state index in [1.54, 1.807) is 0 Å². The predicted molar refractivity (Wildman–Crippen MR) is 155 cm³/mol. The van der Waals surface area contributed by atoms with E-state index in [0.29, 0.717) is 5.92 Å². The summed E-state index contributed by atoms with van der Waals surface area (Å²) >= 11 is 0. The van der Waals surface area contributed by atoms with Crippen LogP contribution in [0.15, 0.2) is 49.1 Å². The number of hydrogen-bond donors (Lipinski definition) is 0. The zero-order valence-electron chi connectivity index (χ0n) is 23.4. The average molecular weight is 466 g/mol. The molecule has 1 aliphatic rings. The molecule has 1 unspecified atom stereocenters. The highest BCUT2D eigenvalue weighted by Gasteiger charge is 2.38. The Balaban J connectivity index is 2.20. The number of fused-ring (bicyclic) bond motifs is 4. The number of anilines is 1. The fourth-order valence-electron chi connectivity index (χ4n) is 6.26. The van der Waals surface area contributed by atoms with Crippen molar-refractivity contribution in [2.75, 3.05) is 19.0 Å². The predicted octanol–water partition coefficient (Wildman–Crippen LogP) is 9.09. The van der Waals surface area contributed by atoms with Crippen LogP contribution in [0.1, 0.15) is 79.0 Å². The summed E-state index contributed by atoms with van der Waals surface area (Å²) < 4.78 is 0. The SMILES string of the molecule is C=CCCc1c2c(c(C)c(-c3ccc(C)c(C)c3)c1N(C)C)-c1ccc(CC)c(c1)C(C)(C)C2C. The Bertz CT molecular complexity index is 1290. The molecule has 0 heterocycles. The van der Waals surface area contributed by atoms with Crippen LogP contribution >= 0.6 is 0 Å². The molecule has 0 amide bonds. The van der Waals surface area contributed by atoms with Crippen LogP contribution in [0, 0.1) is 20.8 Å². The molecule has 1 aliphatic carbocycles. The molecule has 4 rings (SSSR count). The lowest BCUT2D eigenvalue weighted by Crippen LogP contribution is -2.27. The van der Waals surface area contributed by atoms with Gasteiger partial charge in [-0.25, -0.2) is 0 Å². The summed E-state index contributed by atoms with van der Waals surface area (Å²) in [5.41, 5.74) is 17.0. The number of hydrogen-bond acceptors (Lipinski definition) is 1. The van der Waals surface area contributed by atoms with Crippen LogP contribution in [-0.4, -0.2) is 14.1 Å². The molecule has 2 bridgehead atoms. The van der Waals surface area contributed by atoms with Gasteiger partial charge in [0.2, 0.25) is 0 Å². The van der Waals surface area contributed by atoms with Crippen molar-refractivity contribution >= 4 is 5.69 Å². The van der Waals surface area contributed by atoms with Crippen LogP contribution in [0.25, 0.3) is 22.3 Å². The quantitative estimate of drug-likeness (QED) is 0.328. The van der Waals surface area contributed by atoms with E-state index in [-0.39, 0.29) is 5.41 Å². The smallest absolute Gasteiger partial charge is 0.0479 e. The molecule has 0 aliphatic heterocycles. The van der Waals surface area contributed by atoms with E-state index >= 15 is 0 Å². The lowest BCUT2D eigenvalue weighted by atomic mass is 9.68. The van der Waals surface area contributed by atoms with Crippen LogP contribution in [0.3, 0.4) is 0 Å². The summed E-state index contributed by atoms with van der Waals surface area (Å²) in [6, 6.07) is 14.2. The van der Waals surface area contributed by atoms with Crippen LogP contribution in [-0.2, 0) is 18.3 Å². The molecule has 3 aromatic carbocycles. The highest BCUT2D eigenvalue weighted by Crippen LogP contribution is 2.54. The number of nitrogens with zero attached hydrogens (tertiary/aromatic N) is 1. The Morgan fingerprint density at radius 3 is 2.20 bits per heavy atom. The van der Waals surface area contributed by atoms with E-state index in [0.717, 1.165) is 19.3 Å². The van der Waals surface area contributed by atoms with Crippen molar-refractivity contribution < 1.29 is 0 Å². The largest absolute Gasteiger partial charge is 0.377 e. The molecule has 0 spiro atoms. The molecule has 0 saturated carbocycles. The van der Waals surface area contributed by atoms with Gasteiger partial charge in [0.25, 0.3) is 0 Å².